The number of carbonyl (C=O) groups excluding carboxylic acids is 2. The maximum absolute atomic E-state index is 13.0. The summed E-state index contributed by atoms with van der Waals surface area (Å²) in [5, 5.41) is 7.37. The molecule has 0 spiro atoms. The number of carbonyl (C=O) groups is 2. The minimum atomic E-state index is -0.272. The third-order valence-corrected chi connectivity index (χ3v) is 4.96. The van der Waals surface area contributed by atoms with Crippen LogP contribution in [0.2, 0.25) is 0 Å². The van der Waals surface area contributed by atoms with E-state index in [4.69, 9.17) is 10.5 Å². The summed E-state index contributed by atoms with van der Waals surface area (Å²) in [7, 11) is 1.44. The van der Waals surface area contributed by atoms with Crippen LogP contribution < -0.4 is 15.8 Å². The molecule has 0 bridgehead atoms. The quantitative estimate of drug-likeness (QED) is 0.631. The van der Waals surface area contributed by atoms with Crippen molar-refractivity contribution in [1.29, 1.82) is 0 Å². The Morgan fingerprint density at radius 3 is 2.52 bits per heavy atom. The second kappa shape index (κ2) is 7.43. The molecule has 148 valence electrons. The average Bonchev–Trinajstić information content (AvgIpc) is 3.49. The van der Waals surface area contributed by atoms with E-state index in [0.717, 1.165) is 18.4 Å². The van der Waals surface area contributed by atoms with Crippen molar-refractivity contribution < 1.29 is 14.3 Å². The first-order chi connectivity index (χ1) is 14.0. The topological polar surface area (TPSA) is 99.2 Å². The molecule has 7 nitrogen and oxygen atoms in total. The van der Waals surface area contributed by atoms with Gasteiger partial charge in [0.1, 0.15) is 11.4 Å². The summed E-state index contributed by atoms with van der Waals surface area (Å²) in [4.78, 5) is 25.4. The summed E-state index contributed by atoms with van der Waals surface area (Å²) >= 11 is 0. The number of amides is 1. The Balaban J connectivity index is 1.77. The van der Waals surface area contributed by atoms with Crippen LogP contribution in [-0.4, -0.2) is 34.6 Å². The molecule has 0 aliphatic heterocycles. The van der Waals surface area contributed by atoms with Crippen LogP contribution in [0.4, 0.5) is 5.82 Å². The molecule has 4 rings (SSSR count). The van der Waals surface area contributed by atoms with Crippen molar-refractivity contribution in [3.8, 4) is 11.6 Å². The Labute approximate surface area is 168 Å². The third-order valence-electron chi connectivity index (χ3n) is 4.96. The molecule has 3 N–H and O–H groups in total. The number of hydrogen-bond acceptors (Lipinski definition) is 5. The van der Waals surface area contributed by atoms with E-state index in [-0.39, 0.29) is 35.0 Å². The number of nitrogens with zero attached hydrogens (tertiary/aromatic N) is 2. The van der Waals surface area contributed by atoms with E-state index >= 15 is 0 Å². The third kappa shape index (κ3) is 3.59. The Bertz CT molecular complexity index is 1080. The molecular weight excluding hydrogens is 368 g/mol. The minimum absolute atomic E-state index is 0.132. The van der Waals surface area contributed by atoms with E-state index in [2.05, 4.69) is 10.4 Å². The largest absolute Gasteiger partial charge is 0.479 e. The molecule has 1 aromatic heterocycles. The van der Waals surface area contributed by atoms with Crippen molar-refractivity contribution in [3.05, 3.63) is 70.8 Å². The summed E-state index contributed by atoms with van der Waals surface area (Å²) in [6.45, 7) is 1.89. The molecule has 29 heavy (non-hydrogen) atoms. The summed E-state index contributed by atoms with van der Waals surface area (Å²) in [5.74, 6) is -0.0966. The Morgan fingerprint density at radius 2 is 1.86 bits per heavy atom. The lowest BCUT2D eigenvalue weighted by Gasteiger charge is -2.11. The van der Waals surface area contributed by atoms with Crippen molar-refractivity contribution in [2.75, 3.05) is 12.8 Å². The fraction of sp³-hybridized carbons (Fsp3) is 0.227. The highest BCUT2D eigenvalue weighted by molar-refractivity contribution is 6.13. The van der Waals surface area contributed by atoms with Crippen LogP contribution in [0.5, 0.6) is 5.88 Å². The molecule has 1 saturated carbocycles. The highest BCUT2D eigenvalue weighted by Crippen LogP contribution is 2.30. The summed E-state index contributed by atoms with van der Waals surface area (Å²) in [6.07, 6.45) is 2.03. The van der Waals surface area contributed by atoms with Gasteiger partial charge >= 0.3 is 0 Å². The number of nitrogens with one attached hydrogen (secondary N) is 1. The number of aromatic nitrogens is 2. The highest BCUT2D eigenvalue weighted by Gasteiger charge is 2.27. The van der Waals surface area contributed by atoms with Crippen molar-refractivity contribution in [2.45, 2.75) is 25.8 Å². The predicted molar refractivity (Wildman–Crippen MR) is 110 cm³/mol. The number of ether oxygens (including phenoxy) is 1. The van der Waals surface area contributed by atoms with Crippen molar-refractivity contribution >= 4 is 17.5 Å². The lowest BCUT2D eigenvalue weighted by molar-refractivity contribution is 0.0950. The van der Waals surface area contributed by atoms with Crippen LogP contribution in [0, 0.1) is 6.92 Å². The Kier molecular flexibility index (Phi) is 4.80. The molecular formula is C22H22N4O3. The number of ketones is 1. The number of anilines is 1. The van der Waals surface area contributed by atoms with E-state index in [1.807, 2.05) is 19.1 Å². The highest BCUT2D eigenvalue weighted by atomic mass is 16.5. The predicted octanol–water partition coefficient (Wildman–Crippen LogP) is 2.89. The number of methoxy groups -OCH3 is 1. The van der Waals surface area contributed by atoms with E-state index < -0.39 is 0 Å². The van der Waals surface area contributed by atoms with Gasteiger partial charge in [-0.15, -0.1) is 5.10 Å². The number of nitrogen functional groups attached to an aromatic ring is 1. The van der Waals surface area contributed by atoms with Crippen LogP contribution in [0.3, 0.4) is 0 Å². The van der Waals surface area contributed by atoms with E-state index in [0.29, 0.717) is 16.8 Å². The molecule has 2 aromatic carbocycles. The van der Waals surface area contributed by atoms with Crippen LogP contribution in [0.15, 0.2) is 48.5 Å². The monoisotopic (exact) mass is 390 g/mol. The smallest absolute Gasteiger partial charge is 0.251 e. The van der Waals surface area contributed by atoms with E-state index in [9.17, 15) is 9.59 Å². The van der Waals surface area contributed by atoms with Gasteiger partial charge in [-0.25, -0.2) is 4.68 Å². The standard InChI is InChI=1S/C22H22N4O3/c1-13-8-9-15(21(28)24-16-10-11-16)12-17(13)26-20(23)18(22(25-26)29-2)19(27)14-6-4-3-5-7-14/h3-9,12,16H,10-11,23H2,1-2H3,(H,24,28). The van der Waals surface area contributed by atoms with Crippen LogP contribution in [0.1, 0.15) is 44.7 Å². The van der Waals surface area contributed by atoms with Gasteiger partial charge in [-0.3, -0.25) is 9.59 Å². The zero-order chi connectivity index (χ0) is 20.5. The van der Waals surface area contributed by atoms with Gasteiger partial charge in [0.25, 0.3) is 5.91 Å². The number of nitrogens with two attached hydrogens (primary N) is 1. The van der Waals surface area contributed by atoms with Gasteiger partial charge in [0.15, 0.2) is 0 Å². The number of aryl methyl sites for hydroxylation is 1. The maximum Gasteiger partial charge on any atom is 0.251 e. The molecule has 1 aliphatic carbocycles. The molecule has 0 saturated heterocycles. The molecule has 0 radical (unpaired) electrons. The molecule has 1 fully saturated rings. The molecule has 1 heterocycles. The summed E-state index contributed by atoms with van der Waals surface area (Å²) in [6, 6.07) is 14.4. The van der Waals surface area contributed by atoms with E-state index in [1.165, 1.54) is 11.8 Å². The van der Waals surface area contributed by atoms with Gasteiger partial charge in [-0.1, -0.05) is 36.4 Å². The van der Waals surface area contributed by atoms with Gasteiger partial charge in [0.05, 0.1) is 12.8 Å². The Hall–Kier alpha value is -3.61. The number of rotatable bonds is 6. The lowest BCUT2D eigenvalue weighted by Crippen LogP contribution is -2.25. The minimum Gasteiger partial charge on any atom is -0.479 e. The van der Waals surface area contributed by atoms with Crippen molar-refractivity contribution in [1.82, 2.24) is 15.1 Å². The van der Waals surface area contributed by atoms with Gasteiger partial charge in [-0.05, 0) is 37.5 Å². The van der Waals surface area contributed by atoms with Crippen LogP contribution in [-0.2, 0) is 0 Å². The van der Waals surface area contributed by atoms with Gasteiger partial charge < -0.3 is 15.8 Å². The second-order valence-corrected chi connectivity index (χ2v) is 7.13. The maximum atomic E-state index is 13.0. The summed E-state index contributed by atoms with van der Waals surface area (Å²) < 4.78 is 6.79. The van der Waals surface area contributed by atoms with Crippen LogP contribution in [0.25, 0.3) is 5.69 Å². The first kappa shape index (κ1) is 18.7. The first-order valence-corrected chi connectivity index (χ1v) is 9.43. The second-order valence-electron chi connectivity index (χ2n) is 7.13. The lowest BCUT2D eigenvalue weighted by atomic mass is 10.1. The SMILES string of the molecule is COc1nn(-c2cc(C(=O)NC3CC3)ccc2C)c(N)c1C(=O)c1ccccc1. The molecule has 7 heteroatoms. The fourth-order valence-electron chi connectivity index (χ4n) is 3.16. The molecule has 1 amide bonds. The van der Waals surface area contributed by atoms with Gasteiger partial charge in [-0.2, -0.15) is 0 Å². The average molecular weight is 390 g/mol. The van der Waals surface area contributed by atoms with Crippen molar-refractivity contribution in [2.24, 2.45) is 0 Å². The molecule has 0 unspecified atom stereocenters. The summed E-state index contributed by atoms with van der Waals surface area (Å²) in [5.41, 5.74) is 9.03. The number of benzene rings is 2. The number of hydrogen-bond donors (Lipinski definition) is 2. The van der Waals surface area contributed by atoms with Crippen LogP contribution >= 0.6 is 0 Å². The normalized spacial score (nSPS) is 13.2. The van der Waals surface area contributed by atoms with Gasteiger partial charge in [0.2, 0.25) is 11.7 Å². The van der Waals surface area contributed by atoms with Crippen molar-refractivity contribution in [3.63, 3.8) is 0 Å². The molecule has 0 atom stereocenters. The Morgan fingerprint density at radius 1 is 1.14 bits per heavy atom. The molecule has 1 aliphatic rings. The van der Waals surface area contributed by atoms with Gasteiger partial charge in [0, 0.05) is 17.2 Å². The van der Waals surface area contributed by atoms with E-state index in [1.54, 1.807) is 36.4 Å². The fourth-order valence-corrected chi connectivity index (χ4v) is 3.16. The molecule has 3 aromatic rings. The first-order valence-electron chi connectivity index (χ1n) is 9.43. The zero-order valence-corrected chi connectivity index (χ0v) is 16.3. The zero-order valence-electron chi connectivity index (χ0n) is 16.3.